The van der Waals surface area contributed by atoms with Crippen molar-refractivity contribution in [1.82, 2.24) is 10.2 Å². The summed E-state index contributed by atoms with van der Waals surface area (Å²) in [4.78, 5) is 14.6. The Morgan fingerprint density at radius 1 is 1.38 bits per heavy atom. The number of benzene rings is 1. The zero-order chi connectivity index (χ0) is 15.1. The van der Waals surface area contributed by atoms with Crippen molar-refractivity contribution in [2.45, 2.75) is 32.2 Å². The van der Waals surface area contributed by atoms with E-state index in [1.54, 1.807) is 0 Å². The maximum absolute atomic E-state index is 12.3. The van der Waals surface area contributed by atoms with Gasteiger partial charge in [-0.3, -0.25) is 9.69 Å². The van der Waals surface area contributed by atoms with Gasteiger partial charge in [-0.25, -0.2) is 0 Å². The molecule has 0 saturated carbocycles. The lowest BCUT2D eigenvalue weighted by Gasteiger charge is -2.34. The number of para-hydroxylation sites is 1. The van der Waals surface area contributed by atoms with Crippen LogP contribution in [-0.4, -0.2) is 43.0 Å². The molecule has 1 amide bonds. The van der Waals surface area contributed by atoms with Crippen molar-refractivity contribution in [3.63, 3.8) is 0 Å². The predicted octanol–water partition coefficient (Wildman–Crippen LogP) is 2.85. The quantitative estimate of drug-likeness (QED) is 0.826. The van der Waals surface area contributed by atoms with Crippen LogP contribution in [0.25, 0.3) is 0 Å². The van der Waals surface area contributed by atoms with Gasteiger partial charge in [0.1, 0.15) is 0 Å². The Labute approximate surface area is 135 Å². The number of nitrogens with one attached hydrogen (secondary N) is 2. The summed E-state index contributed by atoms with van der Waals surface area (Å²) in [5.41, 5.74) is 0.837. The number of rotatable bonds is 6. The number of nitrogens with zero attached hydrogens (tertiary/aromatic N) is 1. The van der Waals surface area contributed by atoms with Crippen LogP contribution in [0.3, 0.4) is 0 Å². The minimum absolute atomic E-state index is 0.0638. The average Bonchev–Trinajstić information content (AvgIpc) is 2.50. The van der Waals surface area contributed by atoms with Crippen molar-refractivity contribution in [1.29, 1.82) is 0 Å². The second kappa shape index (κ2) is 8.51. The van der Waals surface area contributed by atoms with Gasteiger partial charge in [0, 0.05) is 10.5 Å². The number of amides is 1. The second-order valence-corrected chi connectivity index (χ2v) is 6.33. The molecule has 0 radical (unpaired) electrons. The zero-order valence-electron chi connectivity index (χ0n) is 12.6. The Kier molecular flexibility index (Phi) is 6.67. The molecule has 0 atom stereocenters. The van der Waals surface area contributed by atoms with Crippen LogP contribution in [0.4, 0.5) is 5.69 Å². The number of piperidine rings is 1. The zero-order valence-corrected chi connectivity index (χ0v) is 14.2. The fraction of sp³-hybridized carbons (Fsp3) is 0.562. The van der Waals surface area contributed by atoms with E-state index in [-0.39, 0.29) is 5.91 Å². The molecule has 0 spiro atoms. The maximum atomic E-state index is 12.3. The maximum Gasteiger partial charge on any atom is 0.238 e. The molecule has 2 N–H and O–H groups in total. The number of halogens is 1. The molecule has 1 heterocycles. The molecule has 1 aliphatic rings. The van der Waals surface area contributed by atoms with E-state index in [4.69, 9.17) is 0 Å². The van der Waals surface area contributed by atoms with E-state index in [0.29, 0.717) is 12.6 Å². The summed E-state index contributed by atoms with van der Waals surface area (Å²) < 4.78 is 0.919. The van der Waals surface area contributed by atoms with E-state index in [1.807, 2.05) is 24.3 Å². The molecule has 2 rings (SSSR count). The van der Waals surface area contributed by atoms with Crippen molar-refractivity contribution in [3.8, 4) is 0 Å². The summed E-state index contributed by atoms with van der Waals surface area (Å²) in [6.07, 6.45) is 3.33. The third-order valence-corrected chi connectivity index (χ3v) is 4.52. The summed E-state index contributed by atoms with van der Waals surface area (Å²) in [7, 11) is 0. The molecule has 1 fully saturated rings. The standard InChI is InChI=1S/C16H24BrN3O/c1-2-11-20(13-7-9-18-10-8-13)12-16(21)19-15-6-4-3-5-14(15)17/h3-6,13,18H,2,7-12H2,1H3,(H,19,21). The van der Waals surface area contributed by atoms with Crippen LogP contribution in [0.1, 0.15) is 26.2 Å². The highest BCUT2D eigenvalue weighted by Crippen LogP contribution is 2.21. The molecule has 0 aliphatic carbocycles. The van der Waals surface area contributed by atoms with E-state index in [9.17, 15) is 4.79 Å². The van der Waals surface area contributed by atoms with Crippen LogP contribution in [0.5, 0.6) is 0 Å². The Bertz CT molecular complexity index is 461. The van der Waals surface area contributed by atoms with Crippen LogP contribution in [0.2, 0.25) is 0 Å². The Morgan fingerprint density at radius 3 is 2.76 bits per heavy atom. The van der Waals surface area contributed by atoms with Crippen molar-refractivity contribution >= 4 is 27.5 Å². The molecular formula is C16H24BrN3O. The lowest BCUT2D eigenvalue weighted by Crippen LogP contribution is -2.46. The molecule has 0 unspecified atom stereocenters. The molecule has 5 heteroatoms. The van der Waals surface area contributed by atoms with Crippen LogP contribution < -0.4 is 10.6 Å². The van der Waals surface area contributed by atoms with Crippen LogP contribution in [-0.2, 0) is 4.79 Å². The summed E-state index contributed by atoms with van der Waals surface area (Å²) in [5, 5.41) is 6.37. The first-order valence-electron chi connectivity index (χ1n) is 7.70. The molecule has 1 saturated heterocycles. The van der Waals surface area contributed by atoms with Gasteiger partial charge < -0.3 is 10.6 Å². The molecule has 21 heavy (non-hydrogen) atoms. The van der Waals surface area contributed by atoms with E-state index in [2.05, 4.69) is 38.4 Å². The number of anilines is 1. The molecular weight excluding hydrogens is 330 g/mol. The van der Waals surface area contributed by atoms with E-state index in [1.165, 1.54) is 0 Å². The van der Waals surface area contributed by atoms with Crippen LogP contribution in [0.15, 0.2) is 28.7 Å². The van der Waals surface area contributed by atoms with Gasteiger partial charge in [-0.05, 0) is 67.0 Å². The van der Waals surface area contributed by atoms with E-state index < -0.39 is 0 Å². The average molecular weight is 354 g/mol. The predicted molar refractivity (Wildman–Crippen MR) is 90.5 cm³/mol. The minimum atomic E-state index is 0.0638. The lowest BCUT2D eigenvalue weighted by atomic mass is 10.0. The molecule has 116 valence electrons. The van der Waals surface area contributed by atoms with Gasteiger partial charge in [0.05, 0.1) is 12.2 Å². The number of carbonyl (C=O) groups is 1. The third kappa shape index (κ3) is 5.09. The first kappa shape index (κ1) is 16.5. The molecule has 1 aromatic rings. The number of carbonyl (C=O) groups excluding carboxylic acids is 1. The Balaban J connectivity index is 1.93. The van der Waals surface area contributed by atoms with Crippen molar-refractivity contribution in [2.24, 2.45) is 0 Å². The van der Waals surface area contributed by atoms with Gasteiger partial charge in [-0.15, -0.1) is 0 Å². The molecule has 0 bridgehead atoms. The van der Waals surface area contributed by atoms with Gasteiger partial charge in [0.25, 0.3) is 0 Å². The van der Waals surface area contributed by atoms with Crippen LogP contribution >= 0.6 is 15.9 Å². The first-order chi connectivity index (χ1) is 10.2. The minimum Gasteiger partial charge on any atom is -0.324 e. The molecule has 1 aromatic carbocycles. The van der Waals surface area contributed by atoms with Crippen molar-refractivity contribution < 1.29 is 4.79 Å². The lowest BCUT2D eigenvalue weighted by molar-refractivity contribution is -0.118. The second-order valence-electron chi connectivity index (χ2n) is 5.48. The number of hydrogen-bond donors (Lipinski definition) is 2. The van der Waals surface area contributed by atoms with Crippen LogP contribution in [0, 0.1) is 0 Å². The fourth-order valence-electron chi connectivity index (χ4n) is 2.79. The third-order valence-electron chi connectivity index (χ3n) is 3.83. The number of hydrogen-bond acceptors (Lipinski definition) is 3. The van der Waals surface area contributed by atoms with Gasteiger partial charge in [0.15, 0.2) is 0 Å². The summed E-state index contributed by atoms with van der Waals surface area (Å²) >= 11 is 3.46. The van der Waals surface area contributed by atoms with Gasteiger partial charge >= 0.3 is 0 Å². The van der Waals surface area contributed by atoms with Crippen molar-refractivity contribution in [2.75, 3.05) is 31.5 Å². The Morgan fingerprint density at radius 2 is 2.10 bits per heavy atom. The van der Waals surface area contributed by atoms with E-state index >= 15 is 0 Å². The summed E-state index contributed by atoms with van der Waals surface area (Å²) in [6, 6.07) is 8.24. The van der Waals surface area contributed by atoms with E-state index in [0.717, 1.165) is 49.1 Å². The summed E-state index contributed by atoms with van der Waals surface area (Å²) in [5.74, 6) is 0.0638. The highest BCUT2D eigenvalue weighted by Gasteiger charge is 2.22. The highest BCUT2D eigenvalue weighted by atomic mass is 79.9. The van der Waals surface area contributed by atoms with Gasteiger partial charge in [-0.1, -0.05) is 19.1 Å². The Hall–Kier alpha value is -0.910. The SMILES string of the molecule is CCCN(CC(=O)Nc1ccccc1Br)C1CCNCC1. The fourth-order valence-corrected chi connectivity index (χ4v) is 3.17. The molecule has 0 aromatic heterocycles. The van der Waals surface area contributed by atoms with Gasteiger partial charge in [0.2, 0.25) is 5.91 Å². The monoisotopic (exact) mass is 353 g/mol. The van der Waals surface area contributed by atoms with Crippen molar-refractivity contribution in [3.05, 3.63) is 28.7 Å². The first-order valence-corrected chi connectivity index (χ1v) is 8.49. The van der Waals surface area contributed by atoms with Gasteiger partial charge in [-0.2, -0.15) is 0 Å². The normalized spacial score (nSPS) is 16.1. The topological polar surface area (TPSA) is 44.4 Å². The largest absolute Gasteiger partial charge is 0.324 e. The summed E-state index contributed by atoms with van der Waals surface area (Å²) in [6.45, 7) is 5.72. The molecule has 1 aliphatic heterocycles. The molecule has 4 nitrogen and oxygen atoms in total. The highest BCUT2D eigenvalue weighted by molar-refractivity contribution is 9.10. The smallest absolute Gasteiger partial charge is 0.238 e.